The van der Waals surface area contributed by atoms with Crippen LogP contribution in [0.25, 0.3) is 11.4 Å². The van der Waals surface area contributed by atoms with Crippen LogP contribution in [-0.4, -0.2) is 23.7 Å². The van der Waals surface area contributed by atoms with E-state index in [9.17, 15) is 0 Å². The van der Waals surface area contributed by atoms with Crippen molar-refractivity contribution in [1.29, 1.82) is 0 Å². The fraction of sp³-hybridized carbons (Fsp3) is 0.400. The van der Waals surface area contributed by atoms with E-state index in [1.807, 2.05) is 18.2 Å². The predicted octanol–water partition coefficient (Wildman–Crippen LogP) is 3.65. The van der Waals surface area contributed by atoms with Gasteiger partial charge >= 0.3 is 0 Å². The van der Waals surface area contributed by atoms with Crippen molar-refractivity contribution >= 4 is 0 Å². The molecule has 2 aromatic rings. The Labute approximate surface area is 113 Å². The van der Waals surface area contributed by atoms with Gasteiger partial charge in [0.15, 0.2) is 11.5 Å². The summed E-state index contributed by atoms with van der Waals surface area (Å²) in [6.07, 6.45) is 6.98. The van der Waals surface area contributed by atoms with Crippen LogP contribution in [0, 0.1) is 0 Å². The summed E-state index contributed by atoms with van der Waals surface area (Å²) in [7, 11) is 1.65. The Morgan fingerprint density at radius 1 is 1.21 bits per heavy atom. The molecule has 0 aliphatic heterocycles. The number of unbranched alkanes of at least 4 members (excludes halogenated alkanes) is 2. The Morgan fingerprint density at radius 2 is 2.11 bits per heavy atom. The Balaban J connectivity index is 2.08. The lowest BCUT2D eigenvalue weighted by Gasteiger charge is -2.11. The average molecular weight is 260 g/mol. The molecule has 1 aromatic carbocycles. The normalized spacial score (nSPS) is 10.4. The van der Waals surface area contributed by atoms with Crippen molar-refractivity contribution in [2.24, 2.45) is 0 Å². The van der Waals surface area contributed by atoms with Gasteiger partial charge < -0.3 is 14.5 Å². The van der Waals surface area contributed by atoms with E-state index in [1.54, 1.807) is 19.5 Å². The zero-order valence-electron chi connectivity index (χ0n) is 11.5. The zero-order valence-corrected chi connectivity index (χ0v) is 11.5. The SMILES string of the molecule is CCCCCOc1ccc(-c2ncc[nH]2)cc1OC. The van der Waals surface area contributed by atoms with Gasteiger partial charge in [-0.2, -0.15) is 0 Å². The van der Waals surface area contributed by atoms with Crippen molar-refractivity contribution in [2.45, 2.75) is 26.2 Å². The van der Waals surface area contributed by atoms with Gasteiger partial charge in [-0.15, -0.1) is 0 Å². The van der Waals surface area contributed by atoms with Crippen LogP contribution < -0.4 is 9.47 Å². The molecule has 19 heavy (non-hydrogen) atoms. The molecule has 0 saturated carbocycles. The molecule has 0 aliphatic rings. The monoisotopic (exact) mass is 260 g/mol. The number of H-pyrrole nitrogens is 1. The van der Waals surface area contributed by atoms with Crippen LogP contribution in [0.1, 0.15) is 26.2 Å². The number of ether oxygens (including phenoxy) is 2. The molecule has 0 bridgehead atoms. The first-order valence-electron chi connectivity index (χ1n) is 6.65. The zero-order chi connectivity index (χ0) is 13.5. The van der Waals surface area contributed by atoms with Gasteiger partial charge in [-0.1, -0.05) is 19.8 Å². The summed E-state index contributed by atoms with van der Waals surface area (Å²) in [5.74, 6) is 2.36. The van der Waals surface area contributed by atoms with Gasteiger partial charge in [0, 0.05) is 18.0 Å². The second kappa shape index (κ2) is 6.83. The van der Waals surface area contributed by atoms with E-state index in [1.165, 1.54) is 12.8 Å². The summed E-state index contributed by atoms with van der Waals surface area (Å²) in [4.78, 5) is 7.30. The fourth-order valence-electron chi connectivity index (χ4n) is 1.89. The summed E-state index contributed by atoms with van der Waals surface area (Å²) in [5.41, 5.74) is 0.989. The predicted molar refractivity (Wildman–Crippen MR) is 75.6 cm³/mol. The maximum Gasteiger partial charge on any atom is 0.161 e. The van der Waals surface area contributed by atoms with Crippen molar-refractivity contribution in [3.05, 3.63) is 30.6 Å². The van der Waals surface area contributed by atoms with Crippen LogP contribution >= 0.6 is 0 Å². The van der Waals surface area contributed by atoms with Crippen LogP contribution in [0.5, 0.6) is 11.5 Å². The Hall–Kier alpha value is -1.97. The maximum atomic E-state index is 5.75. The van der Waals surface area contributed by atoms with Gasteiger partial charge in [-0.05, 0) is 24.6 Å². The number of rotatable bonds is 7. The molecule has 0 aliphatic carbocycles. The third kappa shape index (κ3) is 3.50. The molecule has 0 spiro atoms. The number of nitrogens with one attached hydrogen (secondary N) is 1. The molecule has 0 fully saturated rings. The Bertz CT molecular complexity index is 495. The number of hydrogen-bond acceptors (Lipinski definition) is 3. The molecule has 0 amide bonds. The molecule has 4 nitrogen and oxygen atoms in total. The van der Waals surface area contributed by atoms with Gasteiger partial charge in [0.25, 0.3) is 0 Å². The second-order valence-corrected chi connectivity index (χ2v) is 4.36. The largest absolute Gasteiger partial charge is 0.493 e. The van der Waals surface area contributed by atoms with E-state index in [0.29, 0.717) is 0 Å². The molecular formula is C15H20N2O2. The molecule has 2 rings (SSSR count). The first kappa shape index (κ1) is 13.5. The van der Waals surface area contributed by atoms with Crippen LogP contribution in [0.3, 0.4) is 0 Å². The van der Waals surface area contributed by atoms with Crippen LogP contribution in [0.2, 0.25) is 0 Å². The standard InChI is InChI=1S/C15H20N2O2/c1-3-4-5-10-19-13-7-6-12(11-14(13)18-2)15-16-8-9-17-15/h6-9,11H,3-5,10H2,1-2H3,(H,16,17). The first-order valence-corrected chi connectivity index (χ1v) is 6.65. The maximum absolute atomic E-state index is 5.75. The molecule has 0 atom stereocenters. The van der Waals surface area contributed by atoms with E-state index in [4.69, 9.17) is 9.47 Å². The van der Waals surface area contributed by atoms with Crippen molar-refractivity contribution < 1.29 is 9.47 Å². The molecule has 1 aromatic heterocycles. The van der Waals surface area contributed by atoms with Gasteiger partial charge in [-0.25, -0.2) is 4.98 Å². The second-order valence-electron chi connectivity index (χ2n) is 4.36. The van der Waals surface area contributed by atoms with Gasteiger partial charge in [-0.3, -0.25) is 0 Å². The molecule has 1 heterocycles. The minimum atomic E-state index is 0.726. The summed E-state index contributed by atoms with van der Waals surface area (Å²) >= 11 is 0. The van der Waals surface area contributed by atoms with E-state index in [-0.39, 0.29) is 0 Å². The quantitative estimate of drug-likeness (QED) is 0.773. The van der Waals surface area contributed by atoms with Gasteiger partial charge in [0.1, 0.15) is 5.82 Å². The van der Waals surface area contributed by atoms with Crippen molar-refractivity contribution in [1.82, 2.24) is 9.97 Å². The van der Waals surface area contributed by atoms with E-state index < -0.39 is 0 Å². The third-order valence-corrected chi connectivity index (χ3v) is 2.94. The van der Waals surface area contributed by atoms with E-state index in [0.717, 1.165) is 35.9 Å². The van der Waals surface area contributed by atoms with E-state index >= 15 is 0 Å². The number of hydrogen-bond donors (Lipinski definition) is 1. The minimum Gasteiger partial charge on any atom is -0.493 e. The fourth-order valence-corrected chi connectivity index (χ4v) is 1.89. The van der Waals surface area contributed by atoms with Gasteiger partial charge in [0.2, 0.25) is 0 Å². The van der Waals surface area contributed by atoms with Crippen molar-refractivity contribution in [3.63, 3.8) is 0 Å². The van der Waals surface area contributed by atoms with Crippen LogP contribution in [0.4, 0.5) is 0 Å². The van der Waals surface area contributed by atoms with Crippen LogP contribution in [-0.2, 0) is 0 Å². The van der Waals surface area contributed by atoms with Crippen molar-refractivity contribution in [2.75, 3.05) is 13.7 Å². The molecule has 4 heteroatoms. The topological polar surface area (TPSA) is 47.1 Å². The van der Waals surface area contributed by atoms with Crippen molar-refractivity contribution in [3.8, 4) is 22.9 Å². The number of aromatic nitrogens is 2. The number of nitrogens with zero attached hydrogens (tertiary/aromatic N) is 1. The molecular weight excluding hydrogens is 240 g/mol. The number of aromatic amines is 1. The minimum absolute atomic E-state index is 0.726. The van der Waals surface area contributed by atoms with Crippen LogP contribution in [0.15, 0.2) is 30.6 Å². The molecule has 0 radical (unpaired) electrons. The summed E-state index contributed by atoms with van der Waals surface area (Å²) in [6.45, 7) is 2.91. The lowest BCUT2D eigenvalue weighted by Crippen LogP contribution is -1.99. The molecule has 0 saturated heterocycles. The third-order valence-electron chi connectivity index (χ3n) is 2.94. The molecule has 0 unspecified atom stereocenters. The van der Waals surface area contributed by atoms with E-state index in [2.05, 4.69) is 16.9 Å². The van der Waals surface area contributed by atoms with Gasteiger partial charge in [0.05, 0.1) is 13.7 Å². The highest BCUT2D eigenvalue weighted by Gasteiger charge is 2.08. The first-order chi connectivity index (χ1) is 9.35. The lowest BCUT2D eigenvalue weighted by molar-refractivity contribution is 0.286. The Kier molecular flexibility index (Phi) is 4.84. The number of benzene rings is 1. The Morgan fingerprint density at radius 3 is 2.79 bits per heavy atom. The smallest absolute Gasteiger partial charge is 0.161 e. The number of methoxy groups -OCH3 is 1. The highest BCUT2D eigenvalue weighted by atomic mass is 16.5. The number of imidazole rings is 1. The molecule has 1 N–H and O–H groups in total. The lowest BCUT2D eigenvalue weighted by atomic mass is 10.2. The highest BCUT2D eigenvalue weighted by molar-refractivity contribution is 5.60. The molecule has 102 valence electrons. The summed E-state index contributed by atoms with van der Waals surface area (Å²) in [5, 5.41) is 0. The average Bonchev–Trinajstić information content (AvgIpc) is 2.98. The summed E-state index contributed by atoms with van der Waals surface area (Å²) in [6, 6.07) is 5.85. The summed E-state index contributed by atoms with van der Waals surface area (Å²) < 4.78 is 11.1. The highest BCUT2D eigenvalue weighted by Crippen LogP contribution is 2.31.